The first-order valence-electron chi connectivity index (χ1n) is 7.98. The molecule has 1 saturated heterocycles. The van der Waals surface area contributed by atoms with E-state index in [9.17, 15) is 4.79 Å². The summed E-state index contributed by atoms with van der Waals surface area (Å²) >= 11 is 0. The van der Waals surface area contributed by atoms with E-state index in [-0.39, 0.29) is 11.3 Å². The molecule has 1 fully saturated rings. The molecule has 1 amide bonds. The lowest BCUT2D eigenvalue weighted by Gasteiger charge is -2.37. The lowest BCUT2D eigenvalue weighted by Crippen LogP contribution is -2.50. The fourth-order valence-corrected chi connectivity index (χ4v) is 2.78. The average molecular weight is 296 g/mol. The topological polar surface area (TPSA) is 56.7 Å². The summed E-state index contributed by atoms with van der Waals surface area (Å²) in [4.78, 5) is 18.5. The van der Waals surface area contributed by atoms with Gasteiger partial charge < -0.3 is 15.5 Å². The summed E-state index contributed by atoms with van der Waals surface area (Å²) in [5, 5.41) is 6.30. The summed E-state index contributed by atoms with van der Waals surface area (Å²) in [5.41, 5.74) is -0.334. The SMILES string of the molecule is CN=C(NCCNC(=O)C(C)(C)C)N1CC(C)CC(C)C1. The zero-order chi connectivity index (χ0) is 16.0. The van der Waals surface area contributed by atoms with Gasteiger partial charge in [0.25, 0.3) is 0 Å². The van der Waals surface area contributed by atoms with Gasteiger partial charge in [-0.1, -0.05) is 34.6 Å². The second-order valence-electron chi connectivity index (χ2n) is 7.33. The molecule has 0 spiro atoms. The van der Waals surface area contributed by atoms with Crippen LogP contribution < -0.4 is 10.6 Å². The Kier molecular flexibility index (Phi) is 6.49. The predicted octanol–water partition coefficient (Wildman–Crippen LogP) is 1.70. The largest absolute Gasteiger partial charge is 0.354 e. The maximum Gasteiger partial charge on any atom is 0.225 e. The Balaban J connectivity index is 2.37. The Morgan fingerprint density at radius 2 is 1.67 bits per heavy atom. The van der Waals surface area contributed by atoms with Crippen LogP contribution in [0.25, 0.3) is 0 Å². The first kappa shape index (κ1) is 17.8. The van der Waals surface area contributed by atoms with Crippen LogP contribution in [0.2, 0.25) is 0 Å². The number of aliphatic imine (C=N–C) groups is 1. The maximum atomic E-state index is 11.8. The normalized spacial score (nSPS) is 23.9. The first-order valence-corrected chi connectivity index (χ1v) is 7.98. The number of nitrogens with one attached hydrogen (secondary N) is 2. The molecule has 1 rings (SSSR count). The van der Waals surface area contributed by atoms with Crippen molar-refractivity contribution in [2.45, 2.75) is 41.0 Å². The van der Waals surface area contributed by atoms with Crippen molar-refractivity contribution in [1.29, 1.82) is 0 Å². The summed E-state index contributed by atoms with van der Waals surface area (Å²) in [6.07, 6.45) is 1.29. The molecule has 2 unspecified atom stereocenters. The number of carbonyl (C=O) groups excluding carboxylic acids is 1. The van der Waals surface area contributed by atoms with Crippen LogP contribution in [0, 0.1) is 17.3 Å². The van der Waals surface area contributed by atoms with E-state index < -0.39 is 0 Å². The second-order valence-corrected chi connectivity index (χ2v) is 7.33. The monoisotopic (exact) mass is 296 g/mol. The van der Waals surface area contributed by atoms with E-state index in [1.807, 2.05) is 27.8 Å². The number of hydrogen-bond donors (Lipinski definition) is 2. The van der Waals surface area contributed by atoms with Crippen LogP contribution in [0.15, 0.2) is 4.99 Å². The van der Waals surface area contributed by atoms with Gasteiger partial charge in [-0.3, -0.25) is 9.79 Å². The van der Waals surface area contributed by atoms with Gasteiger partial charge in [0.1, 0.15) is 0 Å². The molecular formula is C16H32N4O. The van der Waals surface area contributed by atoms with Gasteiger partial charge in [-0.2, -0.15) is 0 Å². The molecule has 2 atom stereocenters. The standard InChI is InChI=1S/C16H32N4O/c1-12-9-13(2)11-20(10-12)15(17-6)19-8-7-18-14(21)16(3,4)5/h12-13H,7-11H2,1-6H3,(H,17,19)(H,18,21). The summed E-state index contributed by atoms with van der Waals surface area (Å²) in [6.45, 7) is 13.8. The summed E-state index contributed by atoms with van der Waals surface area (Å²) in [6, 6.07) is 0. The van der Waals surface area contributed by atoms with Crippen molar-refractivity contribution in [3.63, 3.8) is 0 Å². The summed E-state index contributed by atoms with van der Waals surface area (Å²) in [5.74, 6) is 2.43. The molecule has 0 aromatic rings. The molecule has 0 saturated carbocycles. The molecule has 5 heteroatoms. The minimum Gasteiger partial charge on any atom is -0.354 e. The molecule has 1 heterocycles. The molecule has 21 heavy (non-hydrogen) atoms. The highest BCUT2D eigenvalue weighted by molar-refractivity contribution is 5.82. The van der Waals surface area contributed by atoms with E-state index in [2.05, 4.69) is 34.4 Å². The molecule has 0 aliphatic carbocycles. The minimum absolute atomic E-state index is 0.0829. The fraction of sp³-hybridized carbons (Fsp3) is 0.875. The number of amides is 1. The number of likely N-dealkylation sites (tertiary alicyclic amines) is 1. The lowest BCUT2D eigenvalue weighted by atomic mass is 9.92. The second kappa shape index (κ2) is 7.66. The predicted molar refractivity (Wildman–Crippen MR) is 88.3 cm³/mol. The molecule has 0 bridgehead atoms. The third-order valence-electron chi connectivity index (χ3n) is 3.76. The number of nitrogens with zero attached hydrogens (tertiary/aromatic N) is 2. The van der Waals surface area contributed by atoms with Gasteiger partial charge in [-0.05, 0) is 18.3 Å². The highest BCUT2D eigenvalue weighted by atomic mass is 16.2. The highest BCUT2D eigenvalue weighted by Crippen LogP contribution is 2.20. The van der Waals surface area contributed by atoms with Crippen LogP contribution in [0.1, 0.15) is 41.0 Å². The van der Waals surface area contributed by atoms with Crippen LogP contribution >= 0.6 is 0 Å². The molecule has 122 valence electrons. The van der Waals surface area contributed by atoms with Gasteiger partial charge in [-0.15, -0.1) is 0 Å². The Labute approximate surface area is 129 Å². The van der Waals surface area contributed by atoms with E-state index in [1.54, 1.807) is 0 Å². The van der Waals surface area contributed by atoms with E-state index in [4.69, 9.17) is 0 Å². The average Bonchev–Trinajstić information content (AvgIpc) is 2.36. The Hall–Kier alpha value is -1.26. The zero-order valence-corrected chi connectivity index (χ0v) is 14.5. The third kappa shape index (κ3) is 5.94. The number of piperidine rings is 1. The van der Waals surface area contributed by atoms with Crippen LogP contribution in [0.4, 0.5) is 0 Å². The Morgan fingerprint density at radius 3 is 2.14 bits per heavy atom. The van der Waals surface area contributed by atoms with E-state index >= 15 is 0 Å². The minimum atomic E-state index is -0.334. The van der Waals surface area contributed by atoms with Crippen LogP contribution in [-0.2, 0) is 4.79 Å². The quantitative estimate of drug-likeness (QED) is 0.473. The van der Waals surface area contributed by atoms with Crippen molar-refractivity contribution in [3.05, 3.63) is 0 Å². The maximum absolute atomic E-state index is 11.8. The molecule has 0 aromatic carbocycles. The van der Waals surface area contributed by atoms with Crippen molar-refractivity contribution in [2.75, 3.05) is 33.2 Å². The van der Waals surface area contributed by atoms with Crippen molar-refractivity contribution < 1.29 is 4.79 Å². The molecular weight excluding hydrogens is 264 g/mol. The number of guanidine groups is 1. The Morgan fingerprint density at radius 1 is 1.14 bits per heavy atom. The van der Waals surface area contributed by atoms with E-state index in [0.29, 0.717) is 24.9 Å². The first-order chi connectivity index (χ1) is 9.74. The van der Waals surface area contributed by atoms with Crippen LogP contribution in [0.3, 0.4) is 0 Å². The van der Waals surface area contributed by atoms with E-state index in [1.165, 1.54) is 6.42 Å². The molecule has 1 aliphatic heterocycles. The Bertz CT molecular complexity index is 363. The zero-order valence-electron chi connectivity index (χ0n) is 14.5. The van der Waals surface area contributed by atoms with Gasteiger partial charge in [-0.25, -0.2) is 0 Å². The lowest BCUT2D eigenvalue weighted by molar-refractivity contribution is -0.128. The molecule has 5 nitrogen and oxygen atoms in total. The van der Waals surface area contributed by atoms with Crippen molar-refractivity contribution in [2.24, 2.45) is 22.2 Å². The number of hydrogen-bond acceptors (Lipinski definition) is 2. The summed E-state index contributed by atoms with van der Waals surface area (Å²) < 4.78 is 0. The van der Waals surface area contributed by atoms with Gasteiger partial charge >= 0.3 is 0 Å². The van der Waals surface area contributed by atoms with Crippen molar-refractivity contribution in [1.82, 2.24) is 15.5 Å². The smallest absolute Gasteiger partial charge is 0.225 e. The van der Waals surface area contributed by atoms with Gasteiger partial charge in [0.05, 0.1) is 0 Å². The van der Waals surface area contributed by atoms with E-state index in [0.717, 1.165) is 19.0 Å². The molecule has 0 aromatic heterocycles. The van der Waals surface area contributed by atoms with Gasteiger partial charge in [0.15, 0.2) is 5.96 Å². The summed E-state index contributed by atoms with van der Waals surface area (Å²) in [7, 11) is 1.82. The molecule has 1 aliphatic rings. The van der Waals surface area contributed by atoms with Crippen molar-refractivity contribution >= 4 is 11.9 Å². The fourth-order valence-electron chi connectivity index (χ4n) is 2.78. The number of rotatable bonds is 3. The van der Waals surface area contributed by atoms with Crippen LogP contribution in [0.5, 0.6) is 0 Å². The third-order valence-corrected chi connectivity index (χ3v) is 3.76. The van der Waals surface area contributed by atoms with Crippen LogP contribution in [-0.4, -0.2) is 50.0 Å². The van der Waals surface area contributed by atoms with Crippen molar-refractivity contribution in [3.8, 4) is 0 Å². The number of carbonyl (C=O) groups is 1. The van der Waals surface area contributed by atoms with Gasteiger partial charge in [0, 0.05) is 38.6 Å². The highest BCUT2D eigenvalue weighted by Gasteiger charge is 2.24. The van der Waals surface area contributed by atoms with Gasteiger partial charge in [0.2, 0.25) is 5.91 Å². The molecule has 2 N–H and O–H groups in total. The molecule has 0 radical (unpaired) electrons.